The molecular weight excluding hydrogens is 272 g/mol. The quantitative estimate of drug-likeness (QED) is 0.861. The lowest BCUT2D eigenvalue weighted by molar-refractivity contribution is -0.118. The van der Waals surface area contributed by atoms with Gasteiger partial charge in [0.1, 0.15) is 5.75 Å². The molecule has 2 aliphatic rings. The fraction of sp³-hybridized carbons (Fsp3) is 0.467. The topological polar surface area (TPSA) is 76.7 Å². The van der Waals surface area contributed by atoms with E-state index >= 15 is 0 Å². The van der Waals surface area contributed by atoms with Gasteiger partial charge in [-0.05, 0) is 37.5 Å². The highest BCUT2D eigenvalue weighted by molar-refractivity contribution is 5.99. The zero-order valence-corrected chi connectivity index (χ0v) is 11.7. The first-order valence-corrected chi connectivity index (χ1v) is 7.18. The van der Waals surface area contributed by atoms with Crippen molar-refractivity contribution in [3.05, 3.63) is 23.8 Å². The minimum absolute atomic E-state index is 0.0145. The van der Waals surface area contributed by atoms with Gasteiger partial charge in [0.2, 0.25) is 0 Å². The van der Waals surface area contributed by atoms with Crippen LogP contribution in [0.2, 0.25) is 0 Å². The molecule has 1 fully saturated rings. The highest BCUT2D eigenvalue weighted by Gasteiger charge is 2.20. The number of carbonyl (C=O) groups is 2. The lowest BCUT2D eigenvalue weighted by Gasteiger charge is -2.19. The summed E-state index contributed by atoms with van der Waals surface area (Å²) in [5.74, 6) is 0.250. The van der Waals surface area contributed by atoms with Crippen LogP contribution in [0.1, 0.15) is 29.6 Å². The summed E-state index contributed by atoms with van der Waals surface area (Å²) >= 11 is 0. The first-order valence-electron chi connectivity index (χ1n) is 7.18. The Balaban J connectivity index is 1.69. The second-order valence-electron chi connectivity index (χ2n) is 5.26. The number of benzene rings is 1. The molecule has 0 saturated carbocycles. The summed E-state index contributed by atoms with van der Waals surface area (Å²) in [7, 11) is 0. The number of carbonyl (C=O) groups excluding carboxylic acids is 2. The van der Waals surface area contributed by atoms with Gasteiger partial charge in [-0.1, -0.05) is 0 Å². The van der Waals surface area contributed by atoms with Crippen molar-refractivity contribution in [1.82, 2.24) is 5.32 Å². The number of nitrogens with one attached hydrogen (secondary N) is 2. The van der Waals surface area contributed by atoms with E-state index in [4.69, 9.17) is 9.47 Å². The molecule has 0 bridgehead atoms. The Morgan fingerprint density at radius 1 is 1.29 bits per heavy atom. The molecule has 6 heteroatoms. The van der Waals surface area contributed by atoms with E-state index in [2.05, 4.69) is 10.6 Å². The van der Waals surface area contributed by atoms with Crippen LogP contribution in [0.15, 0.2) is 18.2 Å². The molecule has 2 amide bonds. The molecule has 0 aliphatic carbocycles. The fourth-order valence-electron chi connectivity index (χ4n) is 2.54. The minimum atomic E-state index is -0.207. The van der Waals surface area contributed by atoms with Gasteiger partial charge in [0.25, 0.3) is 11.8 Å². The van der Waals surface area contributed by atoms with Crippen molar-refractivity contribution in [3.8, 4) is 5.75 Å². The largest absolute Gasteiger partial charge is 0.482 e. The summed E-state index contributed by atoms with van der Waals surface area (Å²) in [5, 5.41) is 5.73. The molecule has 1 saturated heterocycles. The molecule has 112 valence electrons. The Bertz CT molecular complexity index is 551. The molecule has 0 aromatic heterocycles. The lowest BCUT2D eigenvalue weighted by atomic mass is 10.1. The number of anilines is 1. The minimum Gasteiger partial charge on any atom is -0.482 e. The number of hydrogen-bond acceptors (Lipinski definition) is 4. The first kappa shape index (κ1) is 13.9. The van der Waals surface area contributed by atoms with Crippen LogP contribution < -0.4 is 15.4 Å². The van der Waals surface area contributed by atoms with Gasteiger partial charge in [-0.3, -0.25) is 9.59 Å². The maximum atomic E-state index is 12.3. The molecule has 2 aliphatic heterocycles. The number of amides is 2. The number of rotatable bonds is 2. The molecule has 21 heavy (non-hydrogen) atoms. The highest BCUT2D eigenvalue weighted by Crippen LogP contribution is 2.28. The Hall–Kier alpha value is -2.08. The maximum absolute atomic E-state index is 12.3. The van der Waals surface area contributed by atoms with Crippen molar-refractivity contribution >= 4 is 17.5 Å². The summed E-state index contributed by atoms with van der Waals surface area (Å²) in [4.78, 5) is 23.6. The van der Waals surface area contributed by atoms with Crippen LogP contribution in [0.3, 0.4) is 0 Å². The van der Waals surface area contributed by atoms with Crippen LogP contribution in [0.25, 0.3) is 0 Å². The predicted octanol–water partition coefficient (Wildman–Crippen LogP) is 1.32. The Morgan fingerprint density at radius 2 is 2.19 bits per heavy atom. The van der Waals surface area contributed by atoms with E-state index in [1.165, 1.54) is 0 Å². The van der Waals surface area contributed by atoms with E-state index in [9.17, 15) is 9.59 Å². The van der Waals surface area contributed by atoms with E-state index in [-0.39, 0.29) is 24.5 Å². The maximum Gasteiger partial charge on any atom is 0.262 e. The summed E-state index contributed by atoms with van der Waals surface area (Å²) in [6.07, 6.45) is 2.71. The Kier molecular flexibility index (Phi) is 4.06. The zero-order valence-electron chi connectivity index (χ0n) is 11.7. The second kappa shape index (κ2) is 6.13. The molecule has 1 atom stereocenters. The van der Waals surface area contributed by atoms with Gasteiger partial charge in [-0.25, -0.2) is 0 Å². The number of ether oxygens (including phenoxy) is 2. The second-order valence-corrected chi connectivity index (χ2v) is 5.26. The van der Waals surface area contributed by atoms with Gasteiger partial charge in [0.05, 0.1) is 5.69 Å². The van der Waals surface area contributed by atoms with Gasteiger partial charge >= 0.3 is 0 Å². The van der Waals surface area contributed by atoms with Crippen molar-refractivity contribution < 1.29 is 19.1 Å². The Morgan fingerprint density at radius 3 is 3.10 bits per heavy atom. The van der Waals surface area contributed by atoms with E-state index in [0.29, 0.717) is 23.6 Å². The standard InChI is InChI=1S/C15H18N2O4/c18-14-9-21-13-4-3-10(8-12(13)17-14)15(19)16-11-2-1-6-20-7-5-11/h3-4,8,11H,1-2,5-7,9H2,(H,16,19)(H,17,18). The van der Waals surface area contributed by atoms with Crippen LogP contribution in [-0.2, 0) is 9.53 Å². The average molecular weight is 290 g/mol. The molecule has 0 radical (unpaired) electrons. The summed E-state index contributed by atoms with van der Waals surface area (Å²) in [5.41, 5.74) is 1.06. The van der Waals surface area contributed by atoms with Crippen molar-refractivity contribution in [3.63, 3.8) is 0 Å². The van der Waals surface area contributed by atoms with Crippen LogP contribution in [0.5, 0.6) is 5.75 Å². The molecule has 1 aromatic rings. The van der Waals surface area contributed by atoms with E-state index < -0.39 is 0 Å². The summed E-state index contributed by atoms with van der Waals surface area (Å²) in [6.45, 7) is 1.45. The summed E-state index contributed by atoms with van der Waals surface area (Å²) in [6, 6.07) is 5.20. The zero-order chi connectivity index (χ0) is 14.7. The first-order chi connectivity index (χ1) is 10.2. The third-order valence-corrected chi connectivity index (χ3v) is 3.66. The SMILES string of the molecule is O=C1COc2ccc(C(=O)NC3CCCOCC3)cc2N1. The van der Waals surface area contributed by atoms with E-state index in [1.54, 1.807) is 18.2 Å². The third kappa shape index (κ3) is 3.33. The van der Waals surface area contributed by atoms with Crippen LogP contribution in [0.4, 0.5) is 5.69 Å². The van der Waals surface area contributed by atoms with Gasteiger partial charge in [0, 0.05) is 24.8 Å². The number of fused-ring (bicyclic) bond motifs is 1. The molecule has 6 nitrogen and oxygen atoms in total. The molecule has 1 aromatic carbocycles. The molecular formula is C15H18N2O4. The van der Waals surface area contributed by atoms with Gasteiger partial charge in [-0.2, -0.15) is 0 Å². The fourth-order valence-corrected chi connectivity index (χ4v) is 2.54. The van der Waals surface area contributed by atoms with Crippen molar-refractivity contribution in [1.29, 1.82) is 0 Å². The van der Waals surface area contributed by atoms with Gasteiger partial charge < -0.3 is 20.1 Å². The molecule has 3 rings (SSSR count). The highest BCUT2D eigenvalue weighted by atomic mass is 16.5. The predicted molar refractivity (Wildman–Crippen MR) is 76.5 cm³/mol. The average Bonchev–Trinajstić information content (AvgIpc) is 2.75. The molecule has 2 heterocycles. The van der Waals surface area contributed by atoms with Crippen molar-refractivity contribution in [2.75, 3.05) is 25.1 Å². The van der Waals surface area contributed by atoms with Crippen LogP contribution in [-0.4, -0.2) is 37.7 Å². The molecule has 1 unspecified atom stereocenters. The van der Waals surface area contributed by atoms with Crippen LogP contribution in [0, 0.1) is 0 Å². The monoisotopic (exact) mass is 290 g/mol. The van der Waals surface area contributed by atoms with E-state index in [1.807, 2.05) is 0 Å². The van der Waals surface area contributed by atoms with Gasteiger partial charge in [-0.15, -0.1) is 0 Å². The molecule has 0 spiro atoms. The Labute approximate surface area is 122 Å². The third-order valence-electron chi connectivity index (χ3n) is 3.66. The van der Waals surface area contributed by atoms with Crippen molar-refractivity contribution in [2.24, 2.45) is 0 Å². The molecule has 2 N–H and O–H groups in total. The van der Waals surface area contributed by atoms with Crippen LogP contribution >= 0.6 is 0 Å². The van der Waals surface area contributed by atoms with E-state index in [0.717, 1.165) is 25.9 Å². The van der Waals surface area contributed by atoms with Gasteiger partial charge in [0.15, 0.2) is 6.61 Å². The number of hydrogen-bond donors (Lipinski definition) is 2. The summed E-state index contributed by atoms with van der Waals surface area (Å²) < 4.78 is 10.7. The smallest absolute Gasteiger partial charge is 0.262 e. The van der Waals surface area contributed by atoms with Crippen molar-refractivity contribution in [2.45, 2.75) is 25.3 Å². The lowest BCUT2D eigenvalue weighted by Crippen LogP contribution is -2.35. The normalized spacial score (nSPS) is 21.5.